The summed E-state index contributed by atoms with van der Waals surface area (Å²) in [7, 11) is 1.45. The lowest BCUT2D eigenvalue weighted by Gasteiger charge is -2.39. The maximum Gasteiger partial charge on any atom is 0.422 e. The number of benzene rings is 3. The number of nitrogens with zero attached hydrogens (tertiary/aromatic N) is 3. The van der Waals surface area contributed by atoms with E-state index in [-0.39, 0.29) is 48.8 Å². The van der Waals surface area contributed by atoms with Crippen molar-refractivity contribution < 1.29 is 37.7 Å². The summed E-state index contributed by atoms with van der Waals surface area (Å²) < 4.78 is 57.6. The third-order valence-corrected chi connectivity index (χ3v) is 8.25. The number of rotatable bonds is 10. The molecule has 45 heavy (non-hydrogen) atoms. The van der Waals surface area contributed by atoms with Crippen molar-refractivity contribution >= 4 is 34.2 Å². The number of methoxy groups -OCH3 is 1. The third-order valence-electron chi connectivity index (χ3n) is 8.02. The molecule has 1 atom stereocenters. The highest BCUT2D eigenvalue weighted by Gasteiger charge is 2.57. The summed E-state index contributed by atoms with van der Waals surface area (Å²) in [6, 6.07) is 16.3. The molecule has 1 fully saturated rings. The zero-order chi connectivity index (χ0) is 32.4. The Morgan fingerprint density at radius 2 is 1.82 bits per heavy atom. The van der Waals surface area contributed by atoms with Crippen LogP contribution < -0.4 is 9.47 Å². The van der Waals surface area contributed by atoms with Gasteiger partial charge in [-0.3, -0.25) is 9.69 Å². The van der Waals surface area contributed by atoms with Crippen LogP contribution in [-0.2, 0) is 23.4 Å². The van der Waals surface area contributed by atoms with Gasteiger partial charge in [0.2, 0.25) is 5.60 Å². The number of ether oxygens (including phenoxy) is 2. The van der Waals surface area contributed by atoms with Gasteiger partial charge in [0.05, 0.1) is 20.1 Å². The number of carboxylic acid groups (broad SMARTS) is 1. The highest BCUT2D eigenvalue weighted by Crippen LogP contribution is 2.44. The van der Waals surface area contributed by atoms with E-state index >= 15 is 0 Å². The summed E-state index contributed by atoms with van der Waals surface area (Å²) >= 11 is 6.14. The summed E-state index contributed by atoms with van der Waals surface area (Å²) in [5, 5.41) is 21.3. The van der Waals surface area contributed by atoms with E-state index < -0.39 is 24.3 Å². The van der Waals surface area contributed by atoms with Gasteiger partial charge in [-0.2, -0.15) is 13.2 Å². The Balaban J connectivity index is 1.37. The molecule has 0 spiro atoms. The summed E-state index contributed by atoms with van der Waals surface area (Å²) in [5.74, 6) is -0.183. The monoisotopic (exact) mass is 641 g/mol. The molecule has 2 heterocycles. The third kappa shape index (κ3) is 7.04. The molecule has 1 unspecified atom stereocenters. The molecule has 12 heteroatoms. The fourth-order valence-electron chi connectivity index (χ4n) is 5.75. The second-order valence-electron chi connectivity index (χ2n) is 11.1. The molecule has 1 aromatic heterocycles. The lowest BCUT2D eigenvalue weighted by molar-refractivity contribution is -0.272. The van der Waals surface area contributed by atoms with Gasteiger partial charge < -0.3 is 24.3 Å². The topological polar surface area (TPSA) is 88.5 Å². The molecule has 2 N–H and O–H groups in total. The zero-order valence-corrected chi connectivity index (χ0v) is 25.1. The largest absolute Gasteiger partial charge is 0.493 e. The number of carboxylic acids is 1. The minimum absolute atomic E-state index is 0.170. The molecule has 1 aliphatic heterocycles. The molecule has 0 saturated carbocycles. The molecular formula is C33H31ClF3N3O5. The predicted molar refractivity (Wildman–Crippen MR) is 163 cm³/mol. The van der Waals surface area contributed by atoms with E-state index in [9.17, 15) is 23.1 Å². The van der Waals surface area contributed by atoms with E-state index in [0.29, 0.717) is 40.4 Å². The number of hydrogen-bond acceptors (Lipinski definition) is 5. The van der Waals surface area contributed by atoms with Gasteiger partial charge in [-0.1, -0.05) is 41.9 Å². The molecular weight excluding hydrogens is 611 g/mol. The molecule has 236 valence electrons. The Hall–Kier alpha value is -4.24. The average Bonchev–Trinajstić information content (AvgIpc) is 3.35. The first-order chi connectivity index (χ1) is 21.4. The molecule has 3 aromatic carbocycles. The Morgan fingerprint density at radius 1 is 1.07 bits per heavy atom. The van der Waals surface area contributed by atoms with Crippen LogP contribution in [0.1, 0.15) is 29.5 Å². The van der Waals surface area contributed by atoms with Crippen molar-refractivity contribution in [3.05, 3.63) is 100.0 Å². The van der Waals surface area contributed by atoms with Gasteiger partial charge in [0.1, 0.15) is 6.10 Å². The molecule has 0 bridgehead atoms. The van der Waals surface area contributed by atoms with E-state index in [0.717, 1.165) is 5.56 Å². The van der Waals surface area contributed by atoms with E-state index in [1.807, 2.05) is 0 Å². The lowest BCUT2D eigenvalue weighted by atomic mass is 9.91. The van der Waals surface area contributed by atoms with Gasteiger partial charge in [0.15, 0.2) is 17.2 Å². The van der Waals surface area contributed by atoms with Crippen molar-refractivity contribution in [1.82, 2.24) is 9.47 Å². The van der Waals surface area contributed by atoms with Crippen molar-refractivity contribution in [3.63, 3.8) is 0 Å². The number of fused-ring (bicyclic) bond motifs is 1. The van der Waals surface area contributed by atoms with Crippen molar-refractivity contribution in [1.29, 1.82) is 0 Å². The first-order valence-corrected chi connectivity index (χ1v) is 14.6. The van der Waals surface area contributed by atoms with Gasteiger partial charge in [-0.15, -0.1) is 0 Å². The summed E-state index contributed by atoms with van der Waals surface area (Å²) in [6.07, 6.45) is -3.36. The Bertz CT molecular complexity index is 1740. The molecule has 8 nitrogen and oxygen atoms in total. The molecule has 0 radical (unpaired) electrons. The van der Waals surface area contributed by atoms with E-state index in [4.69, 9.17) is 32.8 Å². The van der Waals surface area contributed by atoms with Gasteiger partial charge >= 0.3 is 12.1 Å². The second-order valence-corrected chi connectivity index (χ2v) is 11.6. The second kappa shape index (κ2) is 13.0. The molecule has 4 aromatic rings. The fourth-order valence-corrected chi connectivity index (χ4v) is 5.97. The number of halogens is 4. The van der Waals surface area contributed by atoms with Crippen LogP contribution in [-0.4, -0.2) is 64.7 Å². The smallest absolute Gasteiger partial charge is 0.422 e. The van der Waals surface area contributed by atoms with Gasteiger partial charge in [0, 0.05) is 53.9 Å². The van der Waals surface area contributed by atoms with E-state index in [1.165, 1.54) is 31.5 Å². The van der Waals surface area contributed by atoms with Crippen LogP contribution in [0, 0.1) is 6.57 Å². The zero-order valence-electron chi connectivity index (χ0n) is 24.4. The van der Waals surface area contributed by atoms with Crippen molar-refractivity contribution in [2.45, 2.75) is 43.7 Å². The number of hydrogen-bond donors (Lipinski definition) is 2. The van der Waals surface area contributed by atoms with Gasteiger partial charge in [-0.05, 0) is 54.3 Å². The predicted octanol–water partition coefficient (Wildman–Crippen LogP) is 6.82. The summed E-state index contributed by atoms with van der Waals surface area (Å²) in [6.45, 7) is 7.40. The summed E-state index contributed by atoms with van der Waals surface area (Å²) in [5.41, 5.74) is -1.51. The van der Waals surface area contributed by atoms with Crippen LogP contribution in [0.4, 0.5) is 18.9 Å². The maximum absolute atomic E-state index is 14.8. The maximum atomic E-state index is 14.8. The number of aliphatic hydroxyl groups is 1. The molecule has 1 aliphatic rings. The number of alkyl halides is 3. The van der Waals surface area contributed by atoms with Crippen LogP contribution in [0.15, 0.2) is 66.9 Å². The SMILES string of the molecule is [C-]#[N+]c1ccc2c(C(O)(CN3CCC(Oc4ccc(CC(=O)O)cc4OC)CC3)C(F)(F)F)cn(Cc3cccc(Cl)c3)c2c1. The lowest BCUT2D eigenvalue weighted by Crippen LogP contribution is -2.53. The van der Waals surface area contributed by atoms with E-state index in [2.05, 4.69) is 4.85 Å². The summed E-state index contributed by atoms with van der Waals surface area (Å²) in [4.78, 5) is 16.1. The fraction of sp³-hybridized carbons (Fsp3) is 0.333. The normalized spacial score (nSPS) is 15.8. The number of β-amino-alcohol motifs (C(OH)–C–C–N with tert-alkyl or cyclic N) is 1. The van der Waals surface area contributed by atoms with Gasteiger partial charge in [-0.25, -0.2) is 4.85 Å². The van der Waals surface area contributed by atoms with Crippen molar-refractivity contribution in [3.8, 4) is 11.5 Å². The van der Waals surface area contributed by atoms with Crippen LogP contribution in [0.25, 0.3) is 15.7 Å². The number of aliphatic carboxylic acids is 1. The number of carbonyl (C=O) groups is 1. The van der Waals surface area contributed by atoms with Crippen LogP contribution in [0.2, 0.25) is 5.02 Å². The minimum atomic E-state index is -5.00. The van der Waals surface area contributed by atoms with Crippen LogP contribution >= 0.6 is 11.6 Å². The van der Waals surface area contributed by atoms with Crippen molar-refractivity contribution in [2.24, 2.45) is 0 Å². The highest BCUT2D eigenvalue weighted by molar-refractivity contribution is 6.30. The number of piperidine rings is 1. The number of likely N-dealkylation sites (tertiary alicyclic amines) is 1. The average molecular weight is 642 g/mol. The van der Waals surface area contributed by atoms with Crippen LogP contribution in [0.5, 0.6) is 11.5 Å². The Labute approximate surface area is 263 Å². The minimum Gasteiger partial charge on any atom is -0.493 e. The first-order valence-electron chi connectivity index (χ1n) is 14.2. The molecule has 5 rings (SSSR count). The quantitative estimate of drug-likeness (QED) is 0.185. The Morgan fingerprint density at radius 3 is 2.47 bits per heavy atom. The van der Waals surface area contributed by atoms with Gasteiger partial charge in [0.25, 0.3) is 0 Å². The molecule has 1 saturated heterocycles. The van der Waals surface area contributed by atoms with Crippen LogP contribution in [0.3, 0.4) is 0 Å². The highest BCUT2D eigenvalue weighted by atomic mass is 35.5. The first kappa shape index (κ1) is 32.2. The molecule has 0 amide bonds. The van der Waals surface area contributed by atoms with E-state index in [1.54, 1.807) is 51.9 Å². The Kier molecular flexibility index (Phi) is 9.30. The number of aromatic nitrogens is 1. The molecule has 0 aliphatic carbocycles. The van der Waals surface area contributed by atoms with Crippen molar-refractivity contribution in [2.75, 3.05) is 26.7 Å². The standard InChI is InChI=1S/C33H31ClF3N3O5/c1-38-24-7-8-26-27(19-40(28(26)17-24)18-22-4-3-5-23(34)14-22)32(43,33(35,36)37)20-39-12-10-25(11-13-39)45-29-9-6-21(16-31(41)42)15-30(29)44-2/h3-9,14-15,17,19,25,43H,10-13,16,18,20H2,2H3,(H,41,42).